The number of likely N-dealkylation sites (tertiary alicyclic amines) is 1. The summed E-state index contributed by atoms with van der Waals surface area (Å²) < 4.78 is 0. The third-order valence-corrected chi connectivity index (χ3v) is 3.84. The van der Waals surface area contributed by atoms with Gasteiger partial charge in [-0.25, -0.2) is 4.98 Å². The number of nitrogens with zero attached hydrogens (tertiary/aromatic N) is 3. The minimum absolute atomic E-state index is 0.640. The smallest absolute Gasteiger partial charge is 0.144 e. The average molecular weight is 262 g/mol. The van der Waals surface area contributed by atoms with E-state index in [0.29, 0.717) is 5.92 Å². The second kappa shape index (κ2) is 6.85. The third kappa shape index (κ3) is 4.46. The van der Waals surface area contributed by atoms with Crippen molar-refractivity contribution < 1.29 is 0 Å². The predicted octanol–water partition coefficient (Wildman–Crippen LogP) is 2.63. The summed E-state index contributed by atoms with van der Waals surface area (Å²) >= 11 is 0. The van der Waals surface area contributed by atoms with Crippen LogP contribution in [0.25, 0.3) is 0 Å². The SMILES string of the molecule is Cc1ncc(NCC(C)CN2CCCCC2)nc1C. The van der Waals surface area contributed by atoms with E-state index in [4.69, 9.17) is 0 Å². The van der Waals surface area contributed by atoms with Gasteiger partial charge < -0.3 is 10.2 Å². The minimum atomic E-state index is 0.640. The van der Waals surface area contributed by atoms with Gasteiger partial charge in [-0.05, 0) is 45.7 Å². The van der Waals surface area contributed by atoms with Crippen molar-refractivity contribution in [3.8, 4) is 0 Å². The quantitative estimate of drug-likeness (QED) is 0.885. The highest BCUT2D eigenvalue weighted by Crippen LogP contribution is 2.12. The summed E-state index contributed by atoms with van der Waals surface area (Å²) in [7, 11) is 0. The Bertz CT molecular complexity index is 399. The molecular weight excluding hydrogens is 236 g/mol. The molecule has 2 heterocycles. The maximum Gasteiger partial charge on any atom is 0.144 e. The van der Waals surface area contributed by atoms with Crippen molar-refractivity contribution in [1.82, 2.24) is 14.9 Å². The minimum Gasteiger partial charge on any atom is -0.368 e. The van der Waals surface area contributed by atoms with Gasteiger partial charge in [-0.3, -0.25) is 4.98 Å². The number of nitrogens with one attached hydrogen (secondary N) is 1. The highest BCUT2D eigenvalue weighted by Gasteiger charge is 2.13. The fourth-order valence-electron chi connectivity index (χ4n) is 2.55. The molecular formula is C15H26N4. The monoisotopic (exact) mass is 262 g/mol. The van der Waals surface area contributed by atoms with Crippen LogP contribution in [-0.2, 0) is 0 Å². The summed E-state index contributed by atoms with van der Waals surface area (Å²) in [6.45, 7) is 11.0. The second-order valence-corrected chi connectivity index (χ2v) is 5.77. The highest BCUT2D eigenvalue weighted by molar-refractivity contribution is 5.33. The first-order chi connectivity index (χ1) is 9.15. The molecule has 1 aromatic heterocycles. The van der Waals surface area contributed by atoms with Crippen molar-refractivity contribution in [3.05, 3.63) is 17.6 Å². The molecule has 0 saturated carbocycles. The number of piperidine rings is 1. The Labute approximate surface area is 116 Å². The van der Waals surface area contributed by atoms with Gasteiger partial charge >= 0.3 is 0 Å². The zero-order valence-electron chi connectivity index (χ0n) is 12.4. The average Bonchev–Trinajstić information content (AvgIpc) is 2.41. The van der Waals surface area contributed by atoms with Crippen LogP contribution in [-0.4, -0.2) is 41.0 Å². The molecule has 1 aliphatic heterocycles. The summed E-state index contributed by atoms with van der Waals surface area (Å²) in [5.74, 6) is 1.54. The van der Waals surface area contributed by atoms with E-state index in [1.54, 1.807) is 0 Å². The van der Waals surface area contributed by atoms with Crippen LogP contribution in [0.15, 0.2) is 6.20 Å². The molecule has 0 aliphatic carbocycles. The van der Waals surface area contributed by atoms with Crippen LogP contribution >= 0.6 is 0 Å². The molecule has 106 valence electrons. The molecule has 1 fully saturated rings. The normalized spacial score (nSPS) is 18.3. The van der Waals surface area contributed by atoms with Crippen molar-refractivity contribution in [2.24, 2.45) is 5.92 Å². The molecule has 0 aromatic carbocycles. The van der Waals surface area contributed by atoms with Crippen LogP contribution in [0.4, 0.5) is 5.82 Å². The fourth-order valence-corrected chi connectivity index (χ4v) is 2.55. The Morgan fingerprint density at radius 3 is 2.63 bits per heavy atom. The van der Waals surface area contributed by atoms with Gasteiger partial charge in [0.1, 0.15) is 5.82 Å². The summed E-state index contributed by atoms with van der Waals surface area (Å²) in [6.07, 6.45) is 5.96. The molecule has 1 N–H and O–H groups in total. The van der Waals surface area contributed by atoms with Crippen LogP contribution in [0.1, 0.15) is 37.6 Å². The van der Waals surface area contributed by atoms with Crippen molar-refractivity contribution in [2.45, 2.75) is 40.0 Å². The van der Waals surface area contributed by atoms with Gasteiger partial charge in [0.2, 0.25) is 0 Å². The Morgan fingerprint density at radius 1 is 1.21 bits per heavy atom. The maximum absolute atomic E-state index is 4.50. The number of aryl methyl sites for hydroxylation is 2. The molecule has 1 aliphatic rings. The molecule has 1 unspecified atom stereocenters. The Balaban J connectivity index is 1.75. The van der Waals surface area contributed by atoms with Crippen LogP contribution < -0.4 is 5.32 Å². The molecule has 0 radical (unpaired) electrons. The van der Waals surface area contributed by atoms with Gasteiger partial charge in [-0.1, -0.05) is 13.3 Å². The summed E-state index contributed by atoms with van der Waals surface area (Å²) in [5, 5.41) is 3.40. The lowest BCUT2D eigenvalue weighted by atomic mass is 10.1. The highest BCUT2D eigenvalue weighted by atomic mass is 15.1. The van der Waals surface area contributed by atoms with E-state index in [1.165, 1.54) is 38.9 Å². The number of aromatic nitrogens is 2. The molecule has 2 rings (SSSR count). The van der Waals surface area contributed by atoms with E-state index in [-0.39, 0.29) is 0 Å². The molecule has 1 saturated heterocycles. The van der Waals surface area contributed by atoms with Crippen molar-refractivity contribution in [1.29, 1.82) is 0 Å². The van der Waals surface area contributed by atoms with Gasteiger partial charge in [0.25, 0.3) is 0 Å². The first kappa shape index (κ1) is 14.3. The zero-order chi connectivity index (χ0) is 13.7. The molecule has 1 aromatic rings. The molecule has 0 spiro atoms. The van der Waals surface area contributed by atoms with Gasteiger partial charge in [-0.15, -0.1) is 0 Å². The van der Waals surface area contributed by atoms with E-state index >= 15 is 0 Å². The first-order valence-electron chi connectivity index (χ1n) is 7.41. The molecule has 0 amide bonds. The lowest BCUT2D eigenvalue weighted by Gasteiger charge is -2.29. The van der Waals surface area contributed by atoms with Gasteiger partial charge in [0.15, 0.2) is 0 Å². The topological polar surface area (TPSA) is 41.1 Å². The van der Waals surface area contributed by atoms with Crippen molar-refractivity contribution >= 4 is 5.82 Å². The maximum atomic E-state index is 4.50. The van der Waals surface area contributed by atoms with E-state index < -0.39 is 0 Å². The number of hydrogen-bond acceptors (Lipinski definition) is 4. The largest absolute Gasteiger partial charge is 0.368 e. The third-order valence-electron chi connectivity index (χ3n) is 3.84. The van der Waals surface area contributed by atoms with Crippen LogP contribution in [0, 0.1) is 19.8 Å². The fraction of sp³-hybridized carbons (Fsp3) is 0.733. The molecule has 19 heavy (non-hydrogen) atoms. The van der Waals surface area contributed by atoms with E-state index in [0.717, 1.165) is 23.8 Å². The predicted molar refractivity (Wildman–Crippen MR) is 79.5 cm³/mol. The Morgan fingerprint density at radius 2 is 1.95 bits per heavy atom. The van der Waals surface area contributed by atoms with E-state index in [1.807, 2.05) is 20.0 Å². The lowest BCUT2D eigenvalue weighted by Crippen LogP contribution is -2.35. The lowest BCUT2D eigenvalue weighted by molar-refractivity contribution is 0.204. The van der Waals surface area contributed by atoms with E-state index in [9.17, 15) is 0 Å². The van der Waals surface area contributed by atoms with Crippen LogP contribution in [0.5, 0.6) is 0 Å². The van der Waals surface area contributed by atoms with Crippen molar-refractivity contribution in [3.63, 3.8) is 0 Å². The van der Waals surface area contributed by atoms with E-state index in [2.05, 4.69) is 27.1 Å². The number of anilines is 1. The van der Waals surface area contributed by atoms with Gasteiger partial charge in [0, 0.05) is 13.1 Å². The summed E-state index contributed by atoms with van der Waals surface area (Å²) in [4.78, 5) is 11.4. The molecule has 1 atom stereocenters. The molecule has 4 heteroatoms. The van der Waals surface area contributed by atoms with Crippen LogP contribution in [0.2, 0.25) is 0 Å². The van der Waals surface area contributed by atoms with Gasteiger partial charge in [0.05, 0.1) is 17.6 Å². The van der Waals surface area contributed by atoms with Crippen molar-refractivity contribution in [2.75, 3.05) is 31.5 Å². The number of rotatable bonds is 5. The molecule has 4 nitrogen and oxygen atoms in total. The summed E-state index contributed by atoms with van der Waals surface area (Å²) in [5.41, 5.74) is 2.01. The van der Waals surface area contributed by atoms with Crippen LogP contribution in [0.3, 0.4) is 0 Å². The molecule has 0 bridgehead atoms. The Hall–Kier alpha value is -1.16. The zero-order valence-corrected chi connectivity index (χ0v) is 12.4. The first-order valence-corrected chi connectivity index (χ1v) is 7.41. The standard InChI is InChI=1S/C15H26N4/c1-12(11-19-7-5-4-6-8-19)9-17-15-10-16-13(2)14(3)18-15/h10,12H,4-9,11H2,1-3H3,(H,17,18). The Kier molecular flexibility index (Phi) is 5.14. The summed E-state index contributed by atoms with van der Waals surface area (Å²) in [6, 6.07) is 0. The number of hydrogen-bond donors (Lipinski definition) is 1. The second-order valence-electron chi connectivity index (χ2n) is 5.77. The van der Waals surface area contributed by atoms with Gasteiger partial charge in [-0.2, -0.15) is 0 Å².